The quantitative estimate of drug-likeness (QED) is 0.0970. The number of quaternary nitrogens is 1. The number of carboxylic acids is 1. The van der Waals surface area contributed by atoms with Crippen LogP contribution in [0.15, 0.2) is 0 Å². The number of esters is 2. The van der Waals surface area contributed by atoms with E-state index in [4.69, 9.17) is 14.2 Å². The molecule has 2 atom stereocenters. The second-order valence-electron chi connectivity index (χ2n) is 11.0. The first-order valence-corrected chi connectivity index (χ1v) is 14.6. The van der Waals surface area contributed by atoms with Gasteiger partial charge in [-0.1, -0.05) is 84.5 Å². The van der Waals surface area contributed by atoms with E-state index < -0.39 is 18.1 Å². The van der Waals surface area contributed by atoms with Gasteiger partial charge in [0, 0.05) is 19.3 Å². The van der Waals surface area contributed by atoms with Crippen molar-refractivity contribution in [2.24, 2.45) is 0 Å². The van der Waals surface area contributed by atoms with E-state index in [9.17, 15) is 19.5 Å². The van der Waals surface area contributed by atoms with E-state index in [1.54, 1.807) is 21.1 Å². The molecule has 0 bridgehead atoms. The number of aliphatic carboxylic acids is 1. The summed E-state index contributed by atoms with van der Waals surface area (Å²) < 4.78 is 16.8. The van der Waals surface area contributed by atoms with Crippen LogP contribution in [0.1, 0.15) is 117 Å². The molecule has 0 aliphatic carbocycles. The van der Waals surface area contributed by atoms with Crippen molar-refractivity contribution in [3.8, 4) is 0 Å². The molecule has 0 aromatic heterocycles. The Morgan fingerprint density at radius 1 is 0.703 bits per heavy atom. The molecule has 0 rings (SSSR count). The number of carbonyl (C=O) groups is 3. The highest BCUT2D eigenvalue weighted by molar-refractivity contribution is 5.70. The molecule has 0 aliphatic heterocycles. The van der Waals surface area contributed by atoms with Crippen LogP contribution in [0.4, 0.5) is 0 Å². The van der Waals surface area contributed by atoms with Gasteiger partial charge in [0.25, 0.3) is 0 Å². The molecule has 0 saturated heterocycles. The molecule has 0 amide bonds. The third-order valence-electron chi connectivity index (χ3n) is 6.49. The summed E-state index contributed by atoms with van der Waals surface area (Å²) >= 11 is 0. The molecule has 0 saturated carbocycles. The Morgan fingerprint density at radius 2 is 1.19 bits per heavy atom. The van der Waals surface area contributed by atoms with Crippen LogP contribution in [0, 0.1) is 0 Å². The smallest absolute Gasteiger partial charge is 0.306 e. The van der Waals surface area contributed by atoms with E-state index in [-0.39, 0.29) is 42.7 Å². The summed E-state index contributed by atoms with van der Waals surface area (Å²) in [7, 11) is 5.37. The van der Waals surface area contributed by atoms with E-state index >= 15 is 0 Å². The van der Waals surface area contributed by atoms with Crippen LogP contribution in [0.2, 0.25) is 0 Å². The summed E-state index contributed by atoms with van der Waals surface area (Å²) in [6, 6.07) is -0.714. The van der Waals surface area contributed by atoms with Crippen molar-refractivity contribution in [3.63, 3.8) is 0 Å². The molecule has 37 heavy (non-hydrogen) atoms. The Kier molecular flexibility index (Phi) is 21.3. The van der Waals surface area contributed by atoms with Gasteiger partial charge in [-0.05, 0) is 12.8 Å². The molecule has 2 unspecified atom stereocenters. The van der Waals surface area contributed by atoms with Crippen LogP contribution >= 0.6 is 0 Å². The fourth-order valence-corrected chi connectivity index (χ4v) is 4.13. The number of carboxylic acid groups (broad SMARTS) is 1. The number of ether oxygens (including phenoxy) is 3. The fraction of sp³-hybridized carbons (Fsp3) is 0.897. The normalized spacial score (nSPS) is 13.2. The van der Waals surface area contributed by atoms with E-state index in [0.29, 0.717) is 12.8 Å². The van der Waals surface area contributed by atoms with E-state index in [0.717, 1.165) is 44.9 Å². The number of nitrogens with zero attached hydrogens (tertiary/aromatic N) is 1. The molecule has 0 N–H and O–H groups in total. The maximum absolute atomic E-state index is 12.4. The SMILES string of the molecule is CCCCCCCCCCCC(=O)OC(COCCC(C(=O)[O-])[N+](C)(C)C)COC(=O)CCCCCC. The molecule has 0 aromatic rings. The number of hydrogen-bond donors (Lipinski definition) is 0. The first-order valence-electron chi connectivity index (χ1n) is 14.6. The van der Waals surface area contributed by atoms with Crippen LogP contribution in [-0.2, 0) is 28.6 Å². The Labute approximate surface area is 226 Å². The second kappa shape index (κ2) is 22.3. The maximum Gasteiger partial charge on any atom is 0.306 e. The van der Waals surface area contributed by atoms with Crippen LogP contribution in [0.5, 0.6) is 0 Å². The largest absolute Gasteiger partial charge is 0.544 e. The van der Waals surface area contributed by atoms with Gasteiger partial charge in [-0.3, -0.25) is 9.59 Å². The molecular formula is C29H55NO7. The minimum atomic E-state index is -1.13. The van der Waals surface area contributed by atoms with Gasteiger partial charge in [-0.2, -0.15) is 0 Å². The molecule has 0 heterocycles. The lowest BCUT2D eigenvalue weighted by Gasteiger charge is -2.34. The average Bonchev–Trinajstić information content (AvgIpc) is 2.82. The predicted octanol–water partition coefficient (Wildman–Crippen LogP) is 4.56. The average molecular weight is 530 g/mol. The number of hydrogen-bond acceptors (Lipinski definition) is 7. The van der Waals surface area contributed by atoms with Crippen LogP contribution in [-0.4, -0.2) is 75.5 Å². The van der Waals surface area contributed by atoms with Crippen molar-refractivity contribution >= 4 is 17.9 Å². The third kappa shape index (κ3) is 21.0. The van der Waals surface area contributed by atoms with Crippen LogP contribution < -0.4 is 5.11 Å². The summed E-state index contributed by atoms with van der Waals surface area (Å²) in [5.74, 6) is -1.76. The lowest BCUT2D eigenvalue weighted by atomic mass is 10.1. The summed E-state index contributed by atoms with van der Waals surface area (Å²) in [4.78, 5) is 35.9. The second-order valence-corrected chi connectivity index (χ2v) is 11.0. The van der Waals surface area contributed by atoms with E-state index in [1.165, 1.54) is 38.5 Å². The summed E-state index contributed by atoms with van der Waals surface area (Å²) in [6.45, 7) is 4.49. The molecule has 0 aliphatic rings. The number of unbranched alkanes of at least 4 members (excludes halogenated alkanes) is 11. The lowest BCUT2D eigenvalue weighted by Crippen LogP contribution is -2.55. The Morgan fingerprint density at radius 3 is 1.70 bits per heavy atom. The van der Waals surface area contributed by atoms with Crippen LogP contribution in [0.25, 0.3) is 0 Å². The van der Waals surface area contributed by atoms with Gasteiger partial charge in [-0.25, -0.2) is 0 Å². The van der Waals surface area contributed by atoms with Gasteiger partial charge in [0.2, 0.25) is 0 Å². The van der Waals surface area contributed by atoms with Crippen molar-refractivity contribution < 1.29 is 38.2 Å². The third-order valence-corrected chi connectivity index (χ3v) is 6.49. The maximum atomic E-state index is 12.4. The number of carbonyl (C=O) groups excluding carboxylic acids is 3. The van der Waals surface area contributed by atoms with Crippen molar-refractivity contribution in [1.29, 1.82) is 0 Å². The molecule has 0 radical (unpaired) electrons. The number of rotatable bonds is 25. The van der Waals surface area contributed by atoms with Gasteiger partial charge >= 0.3 is 11.9 Å². The summed E-state index contributed by atoms with van der Waals surface area (Å²) in [6.07, 6.45) is 14.6. The Hall–Kier alpha value is -1.67. The minimum absolute atomic E-state index is 0.0452. The van der Waals surface area contributed by atoms with E-state index in [2.05, 4.69) is 13.8 Å². The van der Waals surface area contributed by atoms with Gasteiger partial charge < -0.3 is 28.6 Å². The van der Waals surface area contributed by atoms with Gasteiger partial charge in [0.05, 0.1) is 40.3 Å². The van der Waals surface area contributed by atoms with Crippen molar-refractivity contribution in [2.45, 2.75) is 129 Å². The van der Waals surface area contributed by atoms with Crippen molar-refractivity contribution in [2.75, 3.05) is 41.0 Å². The topological polar surface area (TPSA) is 102 Å². The highest BCUT2D eigenvalue weighted by Crippen LogP contribution is 2.12. The van der Waals surface area contributed by atoms with Crippen molar-refractivity contribution in [3.05, 3.63) is 0 Å². The molecule has 0 fully saturated rings. The molecule has 218 valence electrons. The molecule has 8 heteroatoms. The monoisotopic (exact) mass is 529 g/mol. The first kappa shape index (κ1) is 35.3. The summed E-state index contributed by atoms with van der Waals surface area (Å²) in [5.41, 5.74) is 0. The summed E-state index contributed by atoms with van der Waals surface area (Å²) in [5, 5.41) is 11.4. The zero-order valence-corrected chi connectivity index (χ0v) is 24.4. The van der Waals surface area contributed by atoms with Crippen LogP contribution in [0.3, 0.4) is 0 Å². The molecule has 0 aromatic carbocycles. The Balaban J connectivity index is 4.50. The Bertz CT molecular complexity index is 604. The highest BCUT2D eigenvalue weighted by Gasteiger charge is 2.25. The molecule has 8 nitrogen and oxygen atoms in total. The molecular weight excluding hydrogens is 474 g/mol. The first-order chi connectivity index (χ1) is 17.6. The fourth-order valence-electron chi connectivity index (χ4n) is 4.13. The van der Waals surface area contributed by atoms with E-state index in [1.807, 2.05) is 0 Å². The van der Waals surface area contributed by atoms with Gasteiger partial charge in [0.1, 0.15) is 12.6 Å². The number of likely N-dealkylation sites (N-methyl/N-ethyl adjacent to an activating group) is 1. The lowest BCUT2D eigenvalue weighted by molar-refractivity contribution is -0.889. The highest BCUT2D eigenvalue weighted by atomic mass is 16.6. The zero-order valence-electron chi connectivity index (χ0n) is 24.4. The predicted molar refractivity (Wildman–Crippen MR) is 144 cm³/mol. The van der Waals surface area contributed by atoms with Crippen molar-refractivity contribution in [1.82, 2.24) is 0 Å². The minimum Gasteiger partial charge on any atom is -0.544 e. The molecule has 0 spiro atoms. The standard InChI is InChI=1S/C29H55NO7/c1-6-8-10-12-13-14-15-16-18-20-28(32)37-25(24-36-27(31)19-17-11-9-7-2)23-35-22-21-26(29(33)34)30(3,4)5/h25-26H,6-24H2,1-5H3. The zero-order chi connectivity index (χ0) is 27.9. The van der Waals surface area contributed by atoms with Gasteiger partial charge in [-0.15, -0.1) is 0 Å². The van der Waals surface area contributed by atoms with Gasteiger partial charge in [0.15, 0.2) is 6.10 Å².